The van der Waals surface area contributed by atoms with Crippen LogP contribution in [0.4, 0.5) is 4.39 Å². The van der Waals surface area contributed by atoms with Crippen molar-refractivity contribution in [2.24, 2.45) is 5.73 Å². The van der Waals surface area contributed by atoms with Gasteiger partial charge >= 0.3 is 0 Å². The molecular formula is C12H17ClFN. The first-order chi connectivity index (χ1) is 7.13. The van der Waals surface area contributed by atoms with Crippen molar-refractivity contribution in [2.45, 2.75) is 38.6 Å². The Labute approximate surface area is 95.4 Å². The van der Waals surface area contributed by atoms with E-state index < -0.39 is 0 Å². The smallest absolute Gasteiger partial charge is 0.123 e. The maximum Gasteiger partial charge on any atom is 0.123 e. The van der Waals surface area contributed by atoms with Gasteiger partial charge in [0.15, 0.2) is 0 Å². The van der Waals surface area contributed by atoms with E-state index >= 15 is 0 Å². The molecule has 0 bridgehead atoms. The predicted octanol–water partition coefficient (Wildman–Crippen LogP) is 3.54. The highest BCUT2D eigenvalue weighted by molar-refractivity contribution is 6.31. The minimum absolute atomic E-state index is 0.228. The lowest BCUT2D eigenvalue weighted by Crippen LogP contribution is -2.18. The molecule has 0 amide bonds. The lowest BCUT2D eigenvalue weighted by molar-refractivity contribution is 0.566. The summed E-state index contributed by atoms with van der Waals surface area (Å²) in [7, 11) is 0. The molecule has 1 rings (SSSR count). The Morgan fingerprint density at radius 3 is 2.87 bits per heavy atom. The normalized spacial score (nSPS) is 12.8. The second kappa shape index (κ2) is 6.09. The summed E-state index contributed by atoms with van der Waals surface area (Å²) in [6, 6.07) is 4.73. The fourth-order valence-corrected chi connectivity index (χ4v) is 1.71. The predicted molar refractivity (Wildman–Crippen MR) is 62.6 cm³/mol. The molecule has 0 aromatic heterocycles. The molecule has 0 radical (unpaired) electrons. The first-order valence-corrected chi connectivity index (χ1v) is 5.70. The third-order valence-electron chi connectivity index (χ3n) is 2.55. The minimum atomic E-state index is -0.228. The van der Waals surface area contributed by atoms with E-state index in [2.05, 4.69) is 6.92 Å². The van der Waals surface area contributed by atoms with Crippen molar-refractivity contribution in [3.8, 4) is 0 Å². The van der Waals surface area contributed by atoms with Crippen LogP contribution in [-0.2, 0) is 6.42 Å². The summed E-state index contributed by atoms with van der Waals surface area (Å²) in [6.07, 6.45) is 3.70. The molecule has 84 valence electrons. The van der Waals surface area contributed by atoms with Crippen molar-refractivity contribution in [3.05, 3.63) is 34.6 Å². The molecule has 1 aromatic carbocycles. The van der Waals surface area contributed by atoms with Gasteiger partial charge in [-0.15, -0.1) is 0 Å². The second-order valence-corrected chi connectivity index (χ2v) is 4.20. The Morgan fingerprint density at radius 2 is 2.20 bits per heavy atom. The SMILES string of the molecule is CCC(N)CCCc1cc(F)ccc1Cl. The first kappa shape index (κ1) is 12.5. The van der Waals surface area contributed by atoms with E-state index in [4.69, 9.17) is 17.3 Å². The molecule has 0 fully saturated rings. The summed E-state index contributed by atoms with van der Waals surface area (Å²) < 4.78 is 12.9. The van der Waals surface area contributed by atoms with Gasteiger partial charge in [-0.3, -0.25) is 0 Å². The third kappa shape index (κ3) is 4.18. The zero-order valence-corrected chi connectivity index (χ0v) is 9.73. The molecule has 0 aliphatic heterocycles. The number of rotatable bonds is 5. The quantitative estimate of drug-likeness (QED) is 0.821. The zero-order valence-electron chi connectivity index (χ0n) is 8.97. The van der Waals surface area contributed by atoms with Gasteiger partial charge in [0.2, 0.25) is 0 Å². The highest BCUT2D eigenvalue weighted by atomic mass is 35.5. The van der Waals surface area contributed by atoms with Gasteiger partial charge in [0.25, 0.3) is 0 Å². The molecule has 3 heteroatoms. The molecule has 15 heavy (non-hydrogen) atoms. The van der Waals surface area contributed by atoms with Gasteiger partial charge in [-0.2, -0.15) is 0 Å². The van der Waals surface area contributed by atoms with Crippen LogP contribution < -0.4 is 5.73 Å². The van der Waals surface area contributed by atoms with Gasteiger partial charge in [-0.1, -0.05) is 18.5 Å². The van der Waals surface area contributed by atoms with Gasteiger partial charge < -0.3 is 5.73 Å². The summed E-state index contributed by atoms with van der Waals surface area (Å²) >= 11 is 5.95. The van der Waals surface area contributed by atoms with Gasteiger partial charge in [0.1, 0.15) is 5.82 Å². The Morgan fingerprint density at radius 1 is 1.47 bits per heavy atom. The van der Waals surface area contributed by atoms with Crippen LogP contribution in [0.15, 0.2) is 18.2 Å². The maximum atomic E-state index is 12.9. The van der Waals surface area contributed by atoms with Crippen molar-refractivity contribution < 1.29 is 4.39 Å². The number of nitrogens with two attached hydrogens (primary N) is 1. The molecule has 0 aliphatic rings. The van der Waals surface area contributed by atoms with E-state index in [1.807, 2.05) is 0 Å². The average molecular weight is 230 g/mol. The van der Waals surface area contributed by atoms with Gasteiger partial charge in [0.05, 0.1) is 0 Å². The van der Waals surface area contributed by atoms with Gasteiger partial charge in [-0.05, 0) is 49.4 Å². The molecule has 1 atom stereocenters. The molecule has 2 N–H and O–H groups in total. The lowest BCUT2D eigenvalue weighted by Gasteiger charge is -2.08. The van der Waals surface area contributed by atoms with Crippen LogP contribution in [0, 0.1) is 5.82 Å². The van der Waals surface area contributed by atoms with E-state index in [-0.39, 0.29) is 11.9 Å². The van der Waals surface area contributed by atoms with E-state index in [1.165, 1.54) is 12.1 Å². The topological polar surface area (TPSA) is 26.0 Å². The van der Waals surface area contributed by atoms with Crippen LogP contribution in [0.25, 0.3) is 0 Å². The molecule has 0 aliphatic carbocycles. The second-order valence-electron chi connectivity index (χ2n) is 3.80. The third-order valence-corrected chi connectivity index (χ3v) is 2.92. The van der Waals surface area contributed by atoms with Crippen molar-refractivity contribution >= 4 is 11.6 Å². The van der Waals surface area contributed by atoms with Crippen LogP contribution in [0.1, 0.15) is 31.7 Å². The largest absolute Gasteiger partial charge is 0.328 e. The van der Waals surface area contributed by atoms with Crippen molar-refractivity contribution in [2.75, 3.05) is 0 Å². The Bertz CT molecular complexity index is 314. The molecule has 1 aromatic rings. The van der Waals surface area contributed by atoms with Crippen molar-refractivity contribution in [1.82, 2.24) is 0 Å². The van der Waals surface area contributed by atoms with Crippen LogP contribution in [0.5, 0.6) is 0 Å². The summed E-state index contributed by atoms with van der Waals surface area (Å²) in [5.41, 5.74) is 6.67. The lowest BCUT2D eigenvalue weighted by atomic mass is 10.0. The van der Waals surface area contributed by atoms with Crippen molar-refractivity contribution in [1.29, 1.82) is 0 Å². The fraction of sp³-hybridized carbons (Fsp3) is 0.500. The van der Waals surface area contributed by atoms with Crippen LogP contribution >= 0.6 is 11.6 Å². The molecule has 0 spiro atoms. The minimum Gasteiger partial charge on any atom is -0.328 e. The van der Waals surface area contributed by atoms with E-state index in [0.717, 1.165) is 31.2 Å². The molecular weight excluding hydrogens is 213 g/mol. The van der Waals surface area contributed by atoms with Crippen LogP contribution in [0.3, 0.4) is 0 Å². The number of aryl methyl sites for hydroxylation is 1. The number of halogens is 2. The van der Waals surface area contributed by atoms with E-state index in [0.29, 0.717) is 5.02 Å². The van der Waals surface area contributed by atoms with Gasteiger partial charge in [-0.25, -0.2) is 4.39 Å². The molecule has 0 saturated carbocycles. The molecule has 0 saturated heterocycles. The zero-order chi connectivity index (χ0) is 11.3. The first-order valence-electron chi connectivity index (χ1n) is 5.33. The molecule has 1 nitrogen and oxygen atoms in total. The van der Waals surface area contributed by atoms with Gasteiger partial charge in [0, 0.05) is 11.1 Å². The van der Waals surface area contributed by atoms with E-state index in [1.54, 1.807) is 6.07 Å². The summed E-state index contributed by atoms with van der Waals surface area (Å²) in [4.78, 5) is 0. The van der Waals surface area contributed by atoms with E-state index in [9.17, 15) is 4.39 Å². The number of hydrogen-bond acceptors (Lipinski definition) is 1. The highest BCUT2D eigenvalue weighted by Crippen LogP contribution is 2.19. The maximum absolute atomic E-state index is 12.9. The molecule has 1 unspecified atom stereocenters. The van der Waals surface area contributed by atoms with Crippen molar-refractivity contribution in [3.63, 3.8) is 0 Å². The Balaban J connectivity index is 2.46. The van der Waals surface area contributed by atoms with Crippen LogP contribution in [-0.4, -0.2) is 6.04 Å². The average Bonchev–Trinajstić information content (AvgIpc) is 2.23. The van der Waals surface area contributed by atoms with Crippen LogP contribution in [0.2, 0.25) is 5.02 Å². The monoisotopic (exact) mass is 229 g/mol. The molecule has 0 heterocycles. The summed E-state index contributed by atoms with van der Waals surface area (Å²) in [5.74, 6) is -0.228. The number of benzene rings is 1. The fourth-order valence-electron chi connectivity index (χ4n) is 1.49. The number of hydrogen-bond donors (Lipinski definition) is 1. The summed E-state index contributed by atoms with van der Waals surface area (Å²) in [5, 5.41) is 0.640. The Kier molecular flexibility index (Phi) is 5.06. The summed E-state index contributed by atoms with van der Waals surface area (Å²) in [6.45, 7) is 2.07. The standard InChI is InChI=1S/C12H17ClFN/c1-2-11(15)5-3-4-9-8-10(14)6-7-12(9)13/h6-8,11H,2-5,15H2,1H3. The highest BCUT2D eigenvalue weighted by Gasteiger charge is 2.04. The Hall–Kier alpha value is -0.600.